The van der Waals surface area contributed by atoms with Crippen LogP contribution in [0.5, 0.6) is 0 Å². The fourth-order valence-corrected chi connectivity index (χ4v) is 4.73. The van der Waals surface area contributed by atoms with Crippen molar-refractivity contribution in [2.24, 2.45) is 0 Å². The van der Waals surface area contributed by atoms with Crippen LogP contribution in [0.2, 0.25) is 5.02 Å². The van der Waals surface area contributed by atoms with Crippen LogP contribution >= 0.6 is 11.6 Å². The van der Waals surface area contributed by atoms with Crippen LogP contribution in [0.3, 0.4) is 0 Å². The first-order valence-electron chi connectivity index (χ1n) is 7.32. The third-order valence-electron chi connectivity index (χ3n) is 3.91. The summed E-state index contributed by atoms with van der Waals surface area (Å²) in [4.78, 5) is 4.81. The maximum atomic E-state index is 13.1. The summed E-state index contributed by atoms with van der Waals surface area (Å²) in [6, 6.07) is 2.44. The van der Waals surface area contributed by atoms with Crippen LogP contribution in [-0.4, -0.2) is 26.8 Å². The second-order valence-electron chi connectivity index (χ2n) is 5.59. The lowest BCUT2D eigenvalue weighted by Crippen LogP contribution is -2.47. The van der Waals surface area contributed by atoms with E-state index in [0.29, 0.717) is 25.3 Å². The van der Waals surface area contributed by atoms with Crippen LogP contribution in [0.25, 0.3) is 0 Å². The Labute approximate surface area is 143 Å². The van der Waals surface area contributed by atoms with Crippen LogP contribution in [-0.2, 0) is 21.0 Å². The van der Waals surface area contributed by atoms with E-state index >= 15 is 0 Å². The maximum absolute atomic E-state index is 13.1. The first-order valence-corrected chi connectivity index (χ1v) is 9.24. The molecule has 136 valence electrons. The topological polar surface area (TPSA) is 67.4 Å². The number of hydrogen-bond donors (Lipinski definition) is 2. The molecule has 0 amide bonds. The van der Waals surface area contributed by atoms with Crippen molar-refractivity contribution >= 4 is 27.3 Å². The van der Waals surface area contributed by atoms with Crippen molar-refractivity contribution in [1.82, 2.24) is 5.48 Å². The Balaban J connectivity index is 2.32. The third-order valence-corrected chi connectivity index (χ3v) is 6.01. The number of benzene rings is 1. The Morgan fingerprint density at radius 1 is 1.25 bits per heavy atom. The minimum absolute atomic E-state index is 0.123. The van der Waals surface area contributed by atoms with E-state index in [4.69, 9.17) is 16.4 Å². The first-order chi connectivity index (χ1) is 11.1. The van der Waals surface area contributed by atoms with Crippen LogP contribution in [0.15, 0.2) is 18.2 Å². The third kappa shape index (κ3) is 4.53. The number of sulfonamides is 1. The summed E-state index contributed by atoms with van der Waals surface area (Å²) < 4.78 is 66.6. The summed E-state index contributed by atoms with van der Waals surface area (Å²) in [5.41, 5.74) is 0.964. The number of hydrogen-bond acceptors (Lipinski definition) is 4. The van der Waals surface area contributed by atoms with Gasteiger partial charge in [-0.1, -0.05) is 24.4 Å². The van der Waals surface area contributed by atoms with Crippen molar-refractivity contribution in [3.05, 3.63) is 28.8 Å². The average molecular weight is 387 g/mol. The normalized spacial score (nSPS) is 22.4. The van der Waals surface area contributed by atoms with E-state index in [1.165, 1.54) is 13.2 Å². The number of hydroxylamine groups is 1. The van der Waals surface area contributed by atoms with Crippen molar-refractivity contribution in [2.45, 2.75) is 43.2 Å². The molecule has 1 saturated carbocycles. The predicted octanol–water partition coefficient (Wildman–Crippen LogP) is 3.56. The molecule has 0 bridgehead atoms. The highest BCUT2D eigenvalue weighted by molar-refractivity contribution is 7.93. The van der Waals surface area contributed by atoms with Gasteiger partial charge < -0.3 is 4.84 Å². The predicted molar refractivity (Wildman–Crippen MR) is 85.2 cm³/mol. The molecule has 0 aromatic heterocycles. The summed E-state index contributed by atoms with van der Waals surface area (Å²) >= 11 is 5.60. The van der Waals surface area contributed by atoms with Gasteiger partial charge in [-0.25, -0.2) is 8.42 Å². The van der Waals surface area contributed by atoms with Crippen LogP contribution in [0.1, 0.15) is 31.2 Å². The van der Waals surface area contributed by atoms with E-state index in [0.717, 1.165) is 12.5 Å². The van der Waals surface area contributed by atoms with Crippen molar-refractivity contribution in [3.63, 3.8) is 0 Å². The molecule has 2 atom stereocenters. The summed E-state index contributed by atoms with van der Waals surface area (Å²) in [6.45, 7) is 0. The van der Waals surface area contributed by atoms with E-state index in [1.807, 2.05) is 0 Å². The summed E-state index contributed by atoms with van der Waals surface area (Å²) in [5.74, 6) is 0. The SMILES string of the molecule is CONC1CCCCC1S(=O)(=O)Nc1ccc(Cl)cc1C(F)(F)F. The largest absolute Gasteiger partial charge is 0.418 e. The van der Waals surface area contributed by atoms with Crippen molar-refractivity contribution in [3.8, 4) is 0 Å². The highest BCUT2D eigenvalue weighted by Gasteiger charge is 2.39. The molecule has 0 spiro atoms. The zero-order valence-electron chi connectivity index (χ0n) is 12.9. The zero-order valence-corrected chi connectivity index (χ0v) is 14.4. The molecule has 24 heavy (non-hydrogen) atoms. The quantitative estimate of drug-likeness (QED) is 0.759. The molecule has 1 aliphatic carbocycles. The molecule has 1 aromatic rings. The van der Waals surface area contributed by atoms with Gasteiger partial charge in [-0.05, 0) is 31.0 Å². The maximum Gasteiger partial charge on any atom is 0.418 e. The van der Waals surface area contributed by atoms with Crippen LogP contribution in [0.4, 0.5) is 18.9 Å². The van der Waals surface area contributed by atoms with Crippen molar-refractivity contribution < 1.29 is 26.4 Å². The molecule has 2 N–H and O–H groups in total. The van der Waals surface area contributed by atoms with Crippen LogP contribution < -0.4 is 10.2 Å². The number of halogens is 4. The Bertz CT molecular complexity index is 680. The highest BCUT2D eigenvalue weighted by atomic mass is 35.5. The monoisotopic (exact) mass is 386 g/mol. The molecular weight excluding hydrogens is 369 g/mol. The number of anilines is 1. The van der Waals surface area contributed by atoms with Gasteiger partial charge in [0.1, 0.15) is 0 Å². The van der Waals surface area contributed by atoms with E-state index in [1.54, 1.807) is 0 Å². The molecule has 2 unspecified atom stereocenters. The first kappa shape index (κ1) is 19.3. The molecular formula is C14H18ClF3N2O3S. The fraction of sp³-hybridized carbons (Fsp3) is 0.571. The molecule has 2 rings (SSSR count). The van der Waals surface area contributed by atoms with Gasteiger partial charge in [0.2, 0.25) is 10.0 Å². The second kappa shape index (κ2) is 7.47. The highest BCUT2D eigenvalue weighted by Crippen LogP contribution is 2.37. The van der Waals surface area contributed by atoms with Gasteiger partial charge in [-0.2, -0.15) is 18.7 Å². The van der Waals surface area contributed by atoms with Gasteiger partial charge in [0.05, 0.1) is 29.7 Å². The molecule has 1 fully saturated rings. The lowest BCUT2D eigenvalue weighted by molar-refractivity contribution is -0.136. The van der Waals surface area contributed by atoms with Gasteiger partial charge in [-0.15, -0.1) is 0 Å². The molecule has 0 heterocycles. The molecule has 1 aliphatic rings. The van der Waals surface area contributed by atoms with E-state index in [9.17, 15) is 21.6 Å². The number of alkyl halides is 3. The Morgan fingerprint density at radius 2 is 1.92 bits per heavy atom. The molecule has 0 aliphatic heterocycles. The molecule has 0 saturated heterocycles. The van der Waals surface area contributed by atoms with Gasteiger partial charge in [0, 0.05) is 5.02 Å². The summed E-state index contributed by atoms with van der Waals surface area (Å²) in [7, 11) is -2.67. The molecule has 1 aromatic carbocycles. The molecule has 0 radical (unpaired) electrons. The van der Waals surface area contributed by atoms with Crippen molar-refractivity contribution in [1.29, 1.82) is 0 Å². The standard InChI is InChI=1S/C14H18ClF3N2O3S/c1-23-19-12-4-2-3-5-13(12)24(21,22)20-11-7-6-9(15)8-10(11)14(16,17)18/h6-8,12-13,19-20H,2-5H2,1H3. The number of nitrogens with one attached hydrogen (secondary N) is 2. The summed E-state index contributed by atoms with van der Waals surface area (Å²) in [6.07, 6.45) is -2.32. The van der Waals surface area contributed by atoms with Gasteiger partial charge in [0.15, 0.2) is 0 Å². The molecule has 5 nitrogen and oxygen atoms in total. The van der Waals surface area contributed by atoms with Crippen LogP contribution in [0, 0.1) is 0 Å². The van der Waals surface area contributed by atoms with E-state index in [-0.39, 0.29) is 5.02 Å². The second-order valence-corrected chi connectivity index (χ2v) is 7.92. The van der Waals surface area contributed by atoms with E-state index in [2.05, 4.69) is 10.2 Å². The summed E-state index contributed by atoms with van der Waals surface area (Å²) in [5, 5.41) is -1.01. The Morgan fingerprint density at radius 3 is 2.54 bits per heavy atom. The Kier molecular flexibility index (Phi) is 6.00. The minimum atomic E-state index is -4.72. The lowest BCUT2D eigenvalue weighted by atomic mass is 9.96. The Hall–Kier alpha value is -1.03. The smallest absolute Gasteiger partial charge is 0.305 e. The van der Waals surface area contributed by atoms with Gasteiger partial charge in [0.25, 0.3) is 0 Å². The molecule has 10 heteroatoms. The lowest BCUT2D eigenvalue weighted by Gasteiger charge is -2.31. The van der Waals surface area contributed by atoms with Gasteiger partial charge in [-0.3, -0.25) is 4.72 Å². The average Bonchev–Trinajstić information content (AvgIpc) is 2.48. The zero-order chi connectivity index (χ0) is 18.0. The minimum Gasteiger partial charge on any atom is -0.305 e. The van der Waals surface area contributed by atoms with Crippen molar-refractivity contribution in [2.75, 3.05) is 11.8 Å². The number of rotatable bonds is 5. The van der Waals surface area contributed by atoms with Gasteiger partial charge >= 0.3 is 6.18 Å². The van der Waals surface area contributed by atoms with E-state index < -0.39 is 38.7 Å². The fourth-order valence-electron chi connectivity index (χ4n) is 2.82.